The molecule has 2 unspecified atom stereocenters. The lowest BCUT2D eigenvalue weighted by Gasteiger charge is -2.28. The first-order valence-corrected chi connectivity index (χ1v) is 5.39. The van der Waals surface area contributed by atoms with Gasteiger partial charge in [-0.25, -0.2) is 0 Å². The molecule has 2 N–H and O–H groups in total. The van der Waals surface area contributed by atoms with Crippen LogP contribution in [0.2, 0.25) is 0 Å². The van der Waals surface area contributed by atoms with Gasteiger partial charge in [0.2, 0.25) is 5.91 Å². The summed E-state index contributed by atoms with van der Waals surface area (Å²) in [5.41, 5.74) is 0. The van der Waals surface area contributed by atoms with Gasteiger partial charge in [0.25, 0.3) is 0 Å². The molecule has 0 aliphatic carbocycles. The summed E-state index contributed by atoms with van der Waals surface area (Å²) in [5, 5.41) is 12.4. The SMILES string of the molecule is C=CCN(C(=O)C1CC(O)CN1)C(C)C. The molecule has 1 heterocycles. The summed E-state index contributed by atoms with van der Waals surface area (Å²) in [7, 11) is 0. The molecule has 0 aromatic carbocycles. The molecular formula is C11H20N2O2. The van der Waals surface area contributed by atoms with E-state index in [9.17, 15) is 9.90 Å². The van der Waals surface area contributed by atoms with Crippen molar-refractivity contribution in [2.45, 2.75) is 38.5 Å². The highest BCUT2D eigenvalue weighted by atomic mass is 16.3. The lowest BCUT2D eigenvalue weighted by Crippen LogP contribution is -2.46. The highest BCUT2D eigenvalue weighted by Crippen LogP contribution is 2.11. The molecule has 1 amide bonds. The van der Waals surface area contributed by atoms with E-state index in [1.807, 2.05) is 13.8 Å². The van der Waals surface area contributed by atoms with Crippen LogP contribution >= 0.6 is 0 Å². The second kappa shape index (κ2) is 5.28. The third kappa shape index (κ3) is 3.04. The van der Waals surface area contributed by atoms with Gasteiger partial charge >= 0.3 is 0 Å². The summed E-state index contributed by atoms with van der Waals surface area (Å²) in [4.78, 5) is 13.8. The monoisotopic (exact) mass is 212 g/mol. The van der Waals surface area contributed by atoms with Crippen molar-refractivity contribution in [2.24, 2.45) is 0 Å². The zero-order valence-corrected chi connectivity index (χ0v) is 9.44. The van der Waals surface area contributed by atoms with E-state index >= 15 is 0 Å². The van der Waals surface area contributed by atoms with E-state index < -0.39 is 6.10 Å². The van der Waals surface area contributed by atoms with E-state index in [0.29, 0.717) is 19.5 Å². The number of nitrogens with zero attached hydrogens (tertiary/aromatic N) is 1. The van der Waals surface area contributed by atoms with Gasteiger partial charge in [-0.2, -0.15) is 0 Å². The van der Waals surface area contributed by atoms with Gasteiger partial charge < -0.3 is 15.3 Å². The van der Waals surface area contributed by atoms with Gasteiger partial charge in [-0.1, -0.05) is 6.08 Å². The second-order valence-electron chi connectivity index (χ2n) is 4.22. The molecule has 0 saturated carbocycles. The molecule has 4 nitrogen and oxygen atoms in total. The number of aliphatic hydroxyl groups is 1. The highest BCUT2D eigenvalue weighted by molar-refractivity contribution is 5.82. The Bertz CT molecular complexity index is 241. The molecule has 0 radical (unpaired) electrons. The molecular weight excluding hydrogens is 192 g/mol. The Hall–Kier alpha value is -0.870. The average molecular weight is 212 g/mol. The van der Waals surface area contributed by atoms with Crippen molar-refractivity contribution < 1.29 is 9.90 Å². The molecule has 0 aromatic heterocycles. The molecule has 0 bridgehead atoms. The van der Waals surface area contributed by atoms with Crippen LogP contribution in [0.3, 0.4) is 0 Å². The Labute approximate surface area is 91.0 Å². The number of hydrogen-bond donors (Lipinski definition) is 2. The molecule has 0 aromatic rings. The fourth-order valence-electron chi connectivity index (χ4n) is 1.80. The molecule has 2 atom stereocenters. The lowest BCUT2D eigenvalue weighted by molar-refractivity contribution is -0.134. The fraction of sp³-hybridized carbons (Fsp3) is 0.727. The van der Waals surface area contributed by atoms with Crippen molar-refractivity contribution in [3.63, 3.8) is 0 Å². The summed E-state index contributed by atoms with van der Waals surface area (Å²) in [6.45, 7) is 8.67. The van der Waals surface area contributed by atoms with Crippen LogP contribution in [0.1, 0.15) is 20.3 Å². The van der Waals surface area contributed by atoms with E-state index in [2.05, 4.69) is 11.9 Å². The van der Waals surface area contributed by atoms with Crippen molar-refractivity contribution >= 4 is 5.91 Å². The van der Waals surface area contributed by atoms with Crippen molar-refractivity contribution in [1.29, 1.82) is 0 Å². The van der Waals surface area contributed by atoms with Gasteiger partial charge in [-0.3, -0.25) is 4.79 Å². The number of carbonyl (C=O) groups excluding carboxylic acids is 1. The summed E-state index contributed by atoms with van der Waals surface area (Å²) in [5.74, 6) is 0.0569. The second-order valence-corrected chi connectivity index (χ2v) is 4.22. The first-order chi connectivity index (χ1) is 7.06. The first kappa shape index (κ1) is 12.2. The van der Waals surface area contributed by atoms with Gasteiger partial charge in [0.1, 0.15) is 0 Å². The lowest BCUT2D eigenvalue weighted by atomic mass is 10.1. The zero-order valence-electron chi connectivity index (χ0n) is 9.44. The Morgan fingerprint density at radius 2 is 2.40 bits per heavy atom. The normalized spacial score (nSPS) is 25.6. The average Bonchev–Trinajstić information content (AvgIpc) is 2.59. The predicted octanol–water partition coefficient (Wildman–Crippen LogP) is 0.132. The van der Waals surface area contributed by atoms with Crippen molar-refractivity contribution in [2.75, 3.05) is 13.1 Å². The minimum atomic E-state index is -0.392. The van der Waals surface area contributed by atoms with Gasteiger partial charge in [0, 0.05) is 19.1 Å². The summed E-state index contributed by atoms with van der Waals surface area (Å²) in [6.07, 6.45) is 1.85. The highest BCUT2D eigenvalue weighted by Gasteiger charge is 2.31. The van der Waals surface area contributed by atoms with Crippen molar-refractivity contribution in [1.82, 2.24) is 10.2 Å². The molecule has 0 spiro atoms. The minimum absolute atomic E-state index is 0.0569. The number of nitrogens with one attached hydrogen (secondary N) is 1. The van der Waals surface area contributed by atoms with Crippen LogP contribution in [0.5, 0.6) is 0 Å². The van der Waals surface area contributed by atoms with Gasteiger partial charge in [-0.05, 0) is 20.3 Å². The van der Waals surface area contributed by atoms with Crippen LogP contribution in [0, 0.1) is 0 Å². The number of rotatable bonds is 4. The Kier molecular flexibility index (Phi) is 4.29. The number of carbonyl (C=O) groups is 1. The smallest absolute Gasteiger partial charge is 0.240 e. The van der Waals surface area contributed by atoms with Crippen LogP contribution in [0.4, 0.5) is 0 Å². The fourth-order valence-corrected chi connectivity index (χ4v) is 1.80. The van der Waals surface area contributed by atoms with Crippen LogP contribution in [0.15, 0.2) is 12.7 Å². The molecule has 1 rings (SSSR count). The Morgan fingerprint density at radius 3 is 2.80 bits per heavy atom. The van der Waals surface area contributed by atoms with Crippen LogP contribution in [-0.2, 0) is 4.79 Å². The van der Waals surface area contributed by atoms with Gasteiger partial charge in [-0.15, -0.1) is 6.58 Å². The van der Waals surface area contributed by atoms with Crippen molar-refractivity contribution in [3.8, 4) is 0 Å². The van der Waals surface area contributed by atoms with Gasteiger partial charge in [0.15, 0.2) is 0 Å². The predicted molar refractivity (Wildman–Crippen MR) is 59.5 cm³/mol. The first-order valence-electron chi connectivity index (χ1n) is 5.39. The molecule has 86 valence electrons. The molecule has 4 heteroatoms. The van der Waals surface area contributed by atoms with Crippen LogP contribution < -0.4 is 5.32 Å². The number of amides is 1. The number of β-amino-alcohol motifs (C(OH)–C–C–N with tert-alkyl or cyclic N) is 1. The molecule has 15 heavy (non-hydrogen) atoms. The third-order valence-corrected chi connectivity index (χ3v) is 2.64. The third-order valence-electron chi connectivity index (χ3n) is 2.64. The summed E-state index contributed by atoms with van der Waals surface area (Å²) in [6, 6.07) is -0.0719. The maximum absolute atomic E-state index is 12.0. The van der Waals surface area contributed by atoms with E-state index in [0.717, 1.165) is 0 Å². The largest absolute Gasteiger partial charge is 0.392 e. The Morgan fingerprint density at radius 1 is 1.73 bits per heavy atom. The van der Waals surface area contributed by atoms with Crippen molar-refractivity contribution in [3.05, 3.63) is 12.7 Å². The van der Waals surface area contributed by atoms with Crippen LogP contribution in [-0.4, -0.2) is 47.2 Å². The zero-order chi connectivity index (χ0) is 11.4. The molecule has 1 fully saturated rings. The molecule has 1 aliphatic rings. The maximum atomic E-state index is 12.0. The van der Waals surface area contributed by atoms with E-state index in [4.69, 9.17) is 0 Å². The molecule has 1 aliphatic heterocycles. The standard InChI is InChI=1S/C11H20N2O2/c1-4-5-13(8(2)3)11(15)10-6-9(14)7-12-10/h4,8-10,12,14H,1,5-7H2,2-3H3. The number of aliphatic hydroxyl groups excluding tert-OH is 1. The van der Waals surface area contributed by atoms with E-state index in [1.165, 1.54) is 0 Å². The van der Waals surface area contributed by atoms with E-state index in [1.54, 1.807) is 11.0 Å². The quantitative estimate of drug-likeness (QED) is 0.651. The molecule has 1 saturated heterocycles. The van der Waals surface area contributed by atoms with Gasteiger partial charge in [0.05, 0.1) is 12.1 Å². The number of hydrogen-bond acceptors (Lipinski definition) is 3. The Balaban J connectivity index is 2.59. The van der Waals surface area contributed by atoms with Crippen LogP contribution in [0.25, 0.3) is 0 Å². The maximum Gasteiger partial charge on any atom is 0.240 e. The topological polar surface area (TPSA) is 52.6 Å². The summed E-state index contributed by atoms with van der Waals surface area (Å²) < 4.78 is 0. The summed E-state index contributed by atoms with van der Waals surface area (Å²) >= 11 is 0. The van der Waals surface area contributed by atoms with E-state index in [-0.39, 0.29) is 18.0 Å². The minimum Gasteiger partial charge on any atom is -0.392 e.